The number of benzene rings is 1. The third-order valence-electron chi connectivity index (χ3n) is 4.14. The van der Waals surface area contributed by atoms with Crippen molar-refractivity contribution in [3.05, 3.63) is 47.8 Å². The van der Waals surface area contributed by atoms with Crippen LogP contribution in [0.3, 0.4) is 0 Å². The smallest absolute Gasteiger partial charge is 0.274 e. The Kier molecular flexibility index (Phi) is 4.95. The van der Waals surface area contributed by atoms with Gasteiger partial charge in [0.2, 0.25) is 0 Å². The van der Waals surface area contributed by atoms with E-state index in [2.05, 4.69) is 17.1 Å². The Morgan fingerprint density at radius 1 is 1.30 bits per heavy atom. The quantitative estimate of drug-likeness (QED) is 0.923. The predicted molar refractivity (Wildman–Crippen MR) is 88.6 cm³/mol. The molecule has 1 aliphatic rings. The fraction of sp³-hybridized carbons (Fsp3) is 0.444. The first-order valence-corrected chi connectivity index (χ1v) is 8.31. The van der Waals surface area contributed by atoms with Crippen LogP contribution in [0.4, 0.5) is 0 Å². The molecule has 1 saturated heterocycles. The molecular formula is C18H23N3O2. The second-order valence-corrected chi connectivity index (χ2v) is 5.95. The maximum atomic E-state index is 12.5. The van der Waals surface area contributed by atoms with Crippen molar-refractivity contribution in [1.29, 1.82) is 0 Å². The van der Waals surface area contributed by atoms with Gasteiger partial charge in [-0.1, -0.05) is 31.5 Å². The summed E-state index contributed by atoms with van der Waals surface area (Å²) >= 11 is 0. The maximum absolute atomic E-state index is 12.5. The number of aromatic amines is 1. The number of carbonyl (C=O) groups is 1. The van der Waals surface area contributed by atoms with E-state index in [0.717, 1.165) is 37.1 Å². The second kappa shape index (κ2) is 7.31. The summed E-state index contributed by atoms with van der Waals surface area (Å²) in [4.78, 5) is 14.4. The number of aromatic nitrogens is 2. The molecule has 122 valence electrons. The van der Waals surface area contributed by atoms with Crippen LogP contribution in [0.5, 0.6) is 5.75 Å². The first-order valence-electron chi connectivity index (χ1n) is 8.31. The molecule has 1 N–H and O–H groups in total. The number of likely N-dealkylation sites (tertiary alicyclic amines) is 1. The third-order valence-corrected chi connectivity index (χ3v) is 4.14. The van der Waals surface area contributed by atoms with Gasteiger partial charge in [-0.3, -0.25) is 9.89 Å². The number of para-hydroxylation sites is 1. The summed E-state index contributed by atoms with van der Waals surface area (Å²) in [5.74, 6) is 0.913. The van der Waals surface area contributed by atoms with E-state index < -0.39 is 0 Å². The van der Waals surface area contributed by atoms with E-state index in [1.807, 2.05) is 41.3 Å². The molecule has 0 radical (unpaired) electrons. The molecule has 1 aromatic carbocycles. The van der Waals surface area contributed by atoms with Gasteiger partial charge in [0.15, 0.2) is 0 Å². The van der Waals surface area contributed by atoms with Crippen LogP contribution in [0, 0.1) is 0 Å². The Bertz CT molecular complexity index is 631. The Labute approximate surface area is 136 Å². The summed E-state index contributed by atoms with van der Waals surface area (Å²) in [7, 11) is 0. The molecular weight excluding hydrogens is 290 g/mol. The molecule has 0 unspecified atom stereocenters. The standard InChI is InChI=1S/C18H23N3O2/c1-2-6-14-13-17(20-19-14)18(22)21-11-9-16(10-12-21)23-15-7-4-3-5-8-15/h3-5,7-8,13,16H,2,6,9-12H2,1H3,(H,19,20). The minimum absolute atomic E-state index is 0.0155. The average molecular weight is 313 g/mol. The Morgan fingerprint density at radius 3 is 2.74 bits per heavy atom. The van der Waals surface area contributed by atoms with Crippen molar-refractivity contribution >= 4 is 5.91 Å². The van der Waals surface area contributed by atoms with Crippen LogP contribution in [0.15, 0.2) is 36.4 Å². The van der Waals surface area contributed by atoms with Gasteiger partial charge in [-0.15, -0.1) is 0 Å². The lowest BCUT2D eigenvalue weighted by Gasteiger charge is -2.31. The molecule has 2 heterocycles. The summed E-state index contributed by atoms with van der Waals surface area (Å²) in [6, 6.07) is 11.7. The van der Waals surface area contributed by atoms with Gasteiger partial charge in [0.25, 0.3) is 5.91 Å². The molecule has 1 aromatic heterocycles. The van der Waals surface area contributed by atoms with Crippen molar-refractivity contribution in [2.24, 2.45) is 0 Å². The predicted octanol–water partition coefficient (Wildman–Crippen LogP) is 3.05. The fourth-order valence-electron chi connectivity index (χ4n) is 2.90. The van der Waals surface area contributed by atoms with Crippen molar-refractivity contribution in [3.63, 3.8) is 0 Å². The normalized spacial score (nSPS) is 15.6. The fourth-order valence-corrected chi connectivity index (χ4v) is 2.90. The number of hydrogen-bond acceptors (Lipinski definition) is 3. The van der Waals surface area contributed by atoms with Crippen molar-refractivity contribution < 1.29 is 9.53 Å². The van der Waals surface area contributed by atoms with Crippen LogP contribution >= 0.6 is 0 Å². The SMILES string of the molecule is CCCc1cc(C(=O)N2CCC(Oc3ccccc3)CC2)n[nH]1. The summed E-state index contributed by atoms with van der Waals surface area (Å²) < 4.78 is 5.97. The van der Waals surface area contributed by atoms with E-state index in [9.17, 15) is 4.79 Å². The second-order valence-electron chi connectivity index (χ2n) is 5.95. The van der Waals surface area contributed by atoms with Crippen LogP contribution in [-0.4, -0.2) is 40.2 Å². The number of rotatable bonds is 5. The minimum Gasteiger partial charge on any atom is -0.490 e. The highest BCUT2D eigenvalue weighted by atomic mass is 16.5. The van der Waals surface area contributed by atoms with E-state index in [-0.39, 0.29) is 12.0 Å². The Hall–Kier alpha value is -2.30. The van der Waals surface area contributed by atoms with Gasteiger partial charge in [-0.05, 0) is 24.6 Å². The lowest BCUT2D eigenvalue weighted by molar-refractivity contribution is 0.0590. The number of hydrogen-bond donors (Lipinski definition) is 1. The molecule has 0 saturated carbocycles. The molecule has 0 aliphatic carbocycles. The number of piperidine rings is 1. The van der Waals surface area contributed by atoms with E-state index in [1.165, 1.54) is 0 Å². The van der Waals surface area contributed by atoms with Crippen LogP contribution < -0.4 is 4.74 Å². The molecule has 0 bridgehead atoms. The van der Waals surface area contributed by atoms with E-state index in [1.54, 1.807) is 0 Å². The molecule has 0 atom stereocenters. The van der Waals surface area contributed by atoms with Crippen LogP contribution in [0.25, 0.3) is 0 Å². The van der Waals surface area contributed by atoms with Crippen LogP contribution in [-0.2, 0) is 6.42 Å². The first-order chi connectivity index (χ1) is 11.3. The summed E-state index contributed by atoms with van der Waals surface area (Å²) in [5, 5.41) is 7.10. The largest absolute Gasteiger partial charge is 0.490 e. The van der Waals surface area contributed by atoms with Crippen LogP contribution in [0.1, 0.15) is 42.4 Å². The third kappa shape index (κ3) is 3.92. The lowest BCUT2D eigenvalue weighted by atomic mass is 10.1. The highest BCUT2D eigenvalue weighted by Crippen LogP contribution is 2.19. The van der Waals surface area contributed by atoms with Gasteiger partial charge in [-0.25, -0.2) is 0 Å². The van der Waals surface area contributed by atoms with E-state index >= 15 is 0 Å². The molecule has 1 amide bonds. The lowest BCUT2D eigenvalue weighted by Crippen LogP contribution is -2.41. The zero-order chi connectivity index (χ0) is 16.1. The van der Waals surface area contributed by atoms with Crippen molar-refractivity contribution in [3.8, 4) is 5.75 Å². The van der Waals surface area contributed by atoms with Gasteiger partial charge in [0, 0.05) is 31.6 Å². The number of nitrogens with one attached hydrogen (secondary N) is 1. The number of nitrogens with zero attached hydrogens (tertiary/aromatic N) is 2. The summed E-state index contributed by atoms with van der Waals surface area (Å²) in [6.45, 7) is 3.54. The molecule has 2 aromatic rings. The topological polar surface area (TPSA) is 58.2 Å². The van der Waals surface area contributed by atoms with Gasteiger partial charge >= 0.3 is 0 Å². The molecule has 1 fully saturated rings. The summed E-state index contributed by atoms with van der Waals surface area (Å²) in [6.07, 6.45) is 3.85. The zero-order valence-corrected chi connectivity index (χ0v) is 13.5. The molecule has 5 nitrogen and oxygen atoms in total. The van der Waals surface area contributed by atoms with Crippen molar-refractivity contribution in [1.82, 2.24) is 15.1 Å². The summed E-state index contributed by atoms with van der Waals surface area (Å²) in [5.41, 5.74) is 1.55. The molecule has 0 spiro atoms. The van der Waals surface area contributed by atoms with Crippen molar-refractivity contribution in [2.45, 2.75) is 38.7 Å². The first kappa shape index (κ1) is 15.6. The number of carbonyl (C=O) groups excluding carboxylic acids is 1. The minimum atomic E-state index is 0.0155. The van der Waals surface area contributed by atoms with Crippen LogP contribution in [0.2, 0.25) is 0 Å². The number of aryl methyl sites for hydroxylation is 1. The molecule has 23 heavy (non-hydrogen) atoms. The van der Waals surface area contributed by atoms with Gasteiger partial charge in [-0.2, -0.15) is 5.10 Å². The highest BCUT2D eigenvalue weighted by molar-refractivity contribution is 5.92. The monoisotopic (exact) mass is 313 g/mol. The van der Waals surface area contributed by atoms with E-state index in [4.69, 9.17) is 4.74 Å². The van der Waals surface area contributed by atoms with Crippen molar-refractivity contribution in [2.75, 3.05) is 13.1 Å². The Morgan fingerprint density at radius 2 is 2.04 bits per heavy atom. The molecule has 1 aliphatic heterocycles. The zero-order valence-electron chi connectivity index (χ0n) is 13.5. The molecule has 3 rings (SSSR count). The van der Waals surface area contributed by atoms with Gasteiger partial charge in [0.1, 0.15) is 17.5 Å². The molecule has 5 heteroatoms. The number of ether oxygens (including phenoxy) is 1. The maximum Gasteiger partial charge on any atom is 0.274 e. The van der Waals surface area contributed by atoms with Gasteiger partial charge < -0.3 is 9.64 Å². The average Bonchev–Trinajstić information content (AvgIpc) is 3.05. The highest BCUT2D eigenvalue weighted by Gasteiger charge is 2.26. The van der Waals surface area contributed by atoms with Gasteiger partial charge in [0.05, 0.1) is 0 Å². The number of H-pyrrole nitrogens is 1. The number of amides is 1. The Balaban J connectivity index is 1.52. The van der Waals surface area contributed by atoms with E-state index in [0.29, 0.717) is 18.8 Å².